The molecule has 1 unspecified atom stereocenters. The van der Waals surface area contributed by atoms with E-state index in [1.165, 1.54) is 2.88 Å². The largest absolute Gasteiger partial charge is 0.495 e. The number of methoxy groups -OCH3 is 1. The van der Waals surface area contributed by atoms with Crippen LogP contribution >= 0.6 is 33.9 Å². The third-order valence-corrected chi connectivity index (χ3v) is 4.20. The molecule has 6 heteroatoms. The van der Waals surface area contributed by atoms with Crippen LogP contribution in [-0.4, -0.2) is 12.1 Å². The topological polar surface area (TPSA) is 60.2 Å². The van der Waals surface area contributed by atoms with Gasteiger partial charge in [0.15, 0.2) is 0 Å². The molecule has 2 rings (SSSR count). The summed E-state index contributed by atoms with van der Waals surface area (Å²) in [5.74, 6) is 6.35. The smallest absolute Gasteiger partial charge is 0.137 e. The normalized spacial score (nSPS) is 12.4. The summed E-state index contributed by atoms with van der Waals surface area (Å²) >= 11 is 3.99. The van der Waals surface area contributed by atoms with Crippen LogP contribution in [0.5, 0.6) is 5.75 Å². The lowest BCUT2D eigenvalue weighted by Gasteiger charge is -2.15. The summed E-state index contributed by atoms with van der Waals surface area (Å²) in [6.07, 6.45) is 3.46. The van der Waals surface area contributed by atoms with Crippen molar-refractivity contribution in [2.24, 2.45) is 5.84 Å². The Bertz CT molecular complexity index is 503. The second kappa shape index (κ2) is 5.76. The van der Waals surface area contributed by atoms with Crippen molar-refractivity contribution in [3.05, 3.63) is 43.9 Å². The van der Waals surface area contributed by atoms with E-state index in [4.69, 9.17) is 10.6 Å². The van der Waals surface area contributed by atoms with Crippen LogP contribution in [0.2, 0.25) is 0 Å². The molecule has 0 aromatic carbocycles. The monoisotopic (exact) mass is 361 g/mol. The maximum atomic E-state index is 5.62. The van der Waals surface area contributed by atoms with E-state index in [1.54, 1.807) is 30.8 Å². The number of nitrogens with two attached hydrogens (primary N) is 1. The van der Waals surface area contributed by atoms with Crippen LogP contribution in [-0.2, 0) is 0 Å². The van der Waals surface area contributed by atoms with Crippen molar-refractivity contribution in [3.8, 4) is 5.75 Å². The molecule has 0 spiro atoms. The Morgan fingerprint density at radius 1 is 1.41 bits per heavy atom. The molecule has 17 heavy (non-hydrogen) atoms. The van der Waals surface area contributed by atoms with E-state index in [-0.39, 0.29) is 6.04 Å². The van der Waals surface area contributed by atoms with Crippen molar-refractivity contribution in [2.75, 3.05) is 7.11 Å². The highest BCUT2D eigenvalue weighted by Gasteiger charge is 2.14. The first-order valence-corrected chi connectivity index (χ1v) is 6.89. The number of ether oxygens (including phenoxy) is 1. The quantitative estimate of drug-likeness (QED) is 0.499. The highest BCUT2D eigenvalue weighted by atomic mass is 127. The molecule has 0 aliphatic rings. The van der Waals surface area contributed by atoms with E-state index < -0.39 is 0 Å². The van der Waals surface area contributed by atoms with E-state index in [9.17, 15) is 0 Å². The van der Waals surface area contributed by atoms with Crippen molar-refractivity contribution < 1.29 is 4.74 Å². The van der Waals surface area contributed by atoms with Gasteiger partial charge in [-0.1, -0.05) is 0 Å². The molecule has 2 aromatic rings. The number of hydrazine groups is 1. The van der Waals surface area contributed by atoms with Crippen LogP contribution < -0.4 is 16.0 Å². The van der Waals surface area contributed by atoms with Gasteiger partial charge in [0.05, 0.1) is 22.2 Å². The first kappa shape index (κ1) is 12.7. The summed E-state index contributed by atoms with van der Waals surface area (Å²) in [5, 5.41) is 2.09. The summed E-state index contributed by atoms with van der Waals surface area (Å²) in [4.78, 5) is 4.14. The third kappa shape index (κ3) is 2.95. The number of rotatable bonds is 4. The van der Waals surface area contributed by atoms with E-state index in [0.29, 0.717) is 0 Å². The van der Waals surface area contributed by atoms with E-state index in [2.05, 4.69) is 44.4 Å². The van der Waals surface area contributed by atoms with Crippen molar-refractivity contribution in [3.63, 3.8) is 0 Å². The van der Waals surface area contributed by atoms with Crippen molar-refractivity contribution in [2.45, 2.75) is 6.04 Å². The number of hydrogen-bond donors (Lipinski definition) is 2. The number of thiophene rings is 1. The predicted octanol–water partition coefficient (Wildman–Crippen LogP) is 2.31. The lowest BCUT2D eigenvalue weighted by atomic mass is 10.0. The molecule has 0 aliphatic carbocycles. The standard InChI is InChI=1S/C11H12IN3OS/c1-16-9-2-7(4-14-5-9)11(15-13)8-3-10(12)17-6-8/h2-6,11,15H,13H2,1H3. The Morgan fingerprint density at radius 2 is 2.24 bits per heavy atom. The fourth-order valence-electron chi connectivity index (χ4n) is 1.56. The zero-order valence-electron chi connectivity index (χ0n) is 9.18. The maximum Gasteiger partial charge on any atom is 0.137 e. The van der Waals surface area contributed by atoms with Gasteiger partial charge in [-0.05, 0) is 51.2 Å². The highest BCUT2D eigenvalue weighted by Crippen LogP contribution is 2.27. The molecule has 0 saturated carbocycles. The molecule has 2 heterocycles. The summed E-state index contributed by atoms with van der Waals surface area (Å²) in [6, 6.07) is 3.98. The Balaban J connectivity index is 2.34. The zero-order valence-corrected chi connectivity index (χ0v) is 12.2. The average Bonchev–Trinajstić information content (AvgIpc) is 2.77. The van der Waals surface area contributed by atoms with Gasteiger partial charge < -0.3 is 4.74 Å². The van der Waals surface area contributed by atoms with E-state index in [1.807, 2.05) is 6.07 Å². The lowest BCUT2D eigenvalue weighted by molar-refractivity contribution is 0.411. The Kier molecular flexibility index (Phi) is 4.32. The van der Waals surface area contributed by atoms with Crippen molar-refractivity contribution in [1.29, 1.82) is 0 Å². The number of nitrogens with one attached hydrogen (secondary N) is 1. The zero-order chi connectivity index (χ0) is 12.3. The molecular weight excluding hydrogens is 349 g/mol. The molecule has 0 saturated heterocycles. The van der Waals surface area contributed by atoms with Gasteiger partial charge in [0.2, 0.25) is 0 Å². The average molecular weight is 361 g/mol. The molecule has 0 radical (unpaired) electrons. The Hall–Kier alpha value is -0.700. The fourth-order valence-corrected chi connectivity index (χ4v) is 2.96. The molecule has 4 nitrogen and oxygen atoms in total. The van der Waals surface area contributed by atoms with Gasteiger partial charge in [-0.15, -0.1) is 11.3 Å². The van der Waals surface area contributed by atoms with Crippen LogP contribution in [0, 0.1) is 2.88 Å². The number of pyridine rings is 1. The van der Waals surface area contributed by atoms with Crippen LogP contribution in [0.15, 0.2) is 29.9 Å². The number of hydrogen-bond acceptors (Lipinski definition) is 5. The van der Waals surface area contributed by atoms with Gasteiger partial charge in [0, 0.05) is 6.20 Å². The maximum absolute atomic E-state index is 5.62. The number of aromatic nitrogens is 1. The van der Waals surface area contributed by atoms with Gasteiger partial charge in [0.1, 0.15) is 5.75 Å². The van der Waals surface area contributed by atoms with Crippen molar-refractivity contribution >= 4 is 33.9 Å². The summed E-state index contributed by atoms with van der Waals surface area (Å²) in [6.45, 7) is 0. The van der Waals surface area contributed by atoms with Crippen molar-refractivity contribution in [1.82, 2.24) is 10.4 Å². The van der Waals surface area contributed by atoms with Gasteiger partial charge in [-0.2, -0.15) is 0 Å². The molecule has 90 valence electrons. The first-order valence-electron chi connectivity index (χ1n) is 4.93. The van der Waals surface area contributed by atoms with Gasteiger partial charge >= 0.3 is 0 Å². The summed E-state index contributed by atoms with van der Waals surface area (Å²) in [5.41, 5.74) is 4.93. The van der Waals surface area contributed by atoms with Crippen LogP contribution in [0.25, 0.3) is 0 Å². The van der Waals surface area contributed by atoms with Crippen LogP contribution in [0.1, 0.15) is 17.2 Å². The Morgan fingerprint density at radius 3 is 2.82 bits per heavy atom. The molecule has 2 aromatic heterocycles. The summed E-state index contributed by atoms with van der Waals surface area (Å²) < 4.78 is 6.39. The SMILES string of the molecule is COc1cncc(C(NN)c2csc(I)c2)c1. The predicted molar refractivity (Wildman–Crippen MR) is 77.0 cm³/mol. The molecule has 0 fully saturated rings. The highest BCUT2D eigenvalue weighted by molar-refractivity contribution is 14.1. The lowest BCUT2D eigenvalue weighted by Crippen LogP contribution is -2.28. The van der Waals surface area contributed by atoms with Crippen LogP contribution in [0.4, 0.5) is 0 Å². The molecule has 0 bridgehead atoms. The summed E-state index contributed by atoms with van der Waals surface area (Å²) in [7, 11) is 1.62. The van der Waals surface area contributed by atoms with Gasteiger partial charge in [-0.25, -0.2) is 5.43 Å². The molecule has 0 amide bonds. The fraction of sp³-hybridized carbons (Fsp3) is 0.182. The van der Waals surface area contributed by atoms with E-state index >= 15 is 0 Å². The Labute approximate surface area is 117 Å². The van der Waals surface area contributed by atoms with Crippen LogP contribution in [0.3, 0.4) is 0 Å². The second-order valence-corrected chi connectivity index (χ2v) is 6.25. The minimum atomic E-state index is -0.0580. The van der Waals surface area contributed by atoms with Gasteiger partial charge in [-0.3, -0.25) is 10.8 Å². The molecular formula is C11H12IN3OS. The first-order chi connectivity index (χ1) is 8.24. The van der Waals surface area contributed by atoms with Gasteiger partial charge in [0.25, 0.3) is 0 Å². The second-order valence-electron chi connectivity index (χ2n) is 3.44. The molecule has 0 aliphatic heterocycles. The third-order valence-electron chi connectivity index (χ3n) is 2.39. The molecule has 1 atom stereocenters. The van der Waals surface area contributed by atoms with E-state index in [0.717, 1.165) is 16.9 Å². The molecule has 3 N–H and O–H groups in total. The number of nitrogens with zero attached hydrogens (tertiary/aromatic N) is 1. The minimum absolute atomic E-state index is 0.0580. The number of halogens is 1. The minimum Gasteiger partial charge on any atom is -0.495 e.